The van der Waals surface area contributed by atoms with Gasteiger partial charge in [-0.15, -0.1) is 12.4 Å². The number of piperazine rings is 1. The van der Waals surface area contributed by atoms with Crippen molar-refractivity contribution in [1.29, 1.82) is 0 Å². The van der Waals surface area contributed by atoms with E-state index in [1.54, 1.807) is 0 Å². The molecule has 1 aromatic carbocycles. The smallest absolute Gasteiger partial charge is 0.252 e. The Hall–Kier alpha value is -0.440. The fourth-order valence-electron chi connectivity index (χ4n) is 2.03. The van der Waals surface area contributed by atoms with Crippen LogP contribution in [0, 0.1) is 9.39 Å². The van der Waals surface area contributed by atoms with Gasteiger partial charge in [0.05, 0.1) is 5.56 Å². The molecule has 0 aliphatic carbocycles. The van der Waals surface area contributed by atoms with Gasteiger partial charge in [-0.3, -0.25) is 9.69 Å². The molecule has 0 aromatic heterocycles. The number of halogens is 3. The highest BCUT2D eigenvalue weighted by molar-refractivity contribution is 14.1. The summed E-state index contributed by atoms with van der Waals surface area (Å²) in [7, 11) is 0. The second-order valence-electron chi connectivity index (χ2n) is 4.47. The molecule has 7 heteroatoms. The molecule has 1 heterocycles. The summed E-state index contributed by atoms with van der Waals surface area (Å²) in [6.45, 7) is 5.51. The molecule has 1 aliphatic heterocycles. The van der Waals surface area contributed by atoms with E-state index in [0.717, 1.165) is 32.7 Å². The Balaban J connectivity index is 0.00000200. The zero-order valence-corrected chi connectivity index (χ0v) is 14.0. The standard InChI is InChI=1S/C13H17FIN3O.ClH/c14-10-1-2-11(12(15)9-10)13(19)17-5-8-18-6-3-16-4-7-18;/h1-2,9,16H,3-8H2,(H,17,19);1H. The number of hydrogen-bond donors (Lipinski definition) is 2. The quantitative estimate of drug-likeness (QED) is 0.735. The monoisotopic (exact) mass is 413 g/mol. The second-order valence-corrected chi connectivity index (χ2v) is 5.63. The molecule has 2 N–H and O–H groups in total. The van der Waals surface area contributed by atoms with Crippen LogP contribution in [0.2, 0.25) is 0 Å². The molecule has 0 unspecified atom stereocenters. The molecule has 20 heavy (non-hydrogen) atoms. The highest BCUT2D eigenvalue weighted by Gasteiger charge is 2.12. The number of carbonyl (C=O) groups is 1. The average Bonchev–Trinajstić information content (AvgIpc) is 2.39. The lowest BCUT2D eigenvalue weighted by Gasteiger charge is -2.27. The van der Waals surface area contributed by atoms with Crippen LogP contribution in [0.5, 0.6) is 0 Å². The molecule has 0 saturated carbocycles. The Labute approximate surface area is 138 Å². The van der Waals surface area contributed by atoms with Crippen LogP contribution in [-0.2, 0) is 0 Å². The van der Waals surface area contributed by atoms with Gasteiger partial charge in [0.15, 0.2) is 0 Å². The van der Waals surface area contributed by atoms with Crippen LogP contribution < -0.4 is 10.6 Å². The third-order valence-electron chi connectivity index (χ3n) is 3.10. The number of hydrogen-bond acceptors (Lipinski definition) is 3. The molecule has 1 saturated heterocycles. The number of rotatable bonds is 4. The molecule has 1 amide bonds. The highest BCUT2D eigenvalue weighted by Crippen LogP contribution is 2.13. The molecule has 112 valence electrons. The molecule has 1 aromatic rings. The van der Waals surface area contributed by atoms with Crippen molar-refractivity contribution in [3.05, 3.63) is 33.1 Å². The van der Waals surface area contributed by atoms with Crippen molar-refractivity contribution in [2.45, 2.75) is 0 Å². The third-order valence-corrected chi connectivity index (χ3v) is 3.99. The predicted molar refractivity (Wildman–Crippen MR) is 88.0 cm³/mol. The van der Waals surface area contributed by atoms with Crippen molar-refractivity contribution in [3.8, 4) is 0 Å². The molecule has 0 spiro atoms. The van der Waals surface area contributed by atoms with Gasteiger partial charge in [-0.05, 0) is 40.8 Å². The molecule has 2 rings (SSSR count). The van der Waals surface area contributed by atoms with Crippen molar-refractivity contribution in [1.82, 2.24) is 15.5 Å². The van der Waals surface area contributed by atoms with E-state index in [4.69, 9.17) is 0 Å². The summed E-state index contributed by atoms with van der Waals surface area (Å²) in [4.78, 5) is 14.3. The number of nitrogens with one attached hydrogen (secondary N) is 2. The van der Waals surface area contributed by atoms with Gasteiger partial charge in [0.1, 0.15) is 5.82 Å². The largest absolute Gasteiger partial charge is 0.351 e. The Morgan fingerprint density at radius 2 is 2.10 bits per heavy atom. The normalized spacial score (nSPS) is 15.5. The van der Waals surface area contributed by atoms with E-state index in [9.17, 15) is 9.18 Å². The van der Waals surface area contributed by atoms with Crippen LogP contribution in [0.25, 0.3) is 0 Å². The maximum Gasteiger partial charge on any atom is 0.252 e. The van der Waals surface area contributed by atoms with Gasteiger partial charge in [-0.2, -0.15) is 0 Å². The highest BCUT2D eigenvalue weighted by atomic mass is 127. The van der Waals surface area contributed by atoms with Gasteiger partial charge in [0, 0.05) is 42.8 Å². The maximum absolute atomic E-state index is 13.0. The fourth-order valence-corrected chi connectivity index (χ4v) is 2.75. The van der Waals surface area contributed by atoms with Gasteiger partial charge < -0.3 is 10.6 Å². The molecule has 1 aliphatic rings. The molecule has 0 radical (unpaired) electrons. The van der Waals surface area contributed by atoms with E-state index in [1.807, 2.05) is 22.6 Å². The minimum atomic E-state index is -0.318. The molecular weight excluding hydrogens is 396 g/mol. The summed E-state index contributed by atoms with van der Waals surface area (Å²) >= 11 is 1.98. The van der Waals surface area contributed by atoms with Crippen LogP contribution in [0.1, 0.15) is 10.4 Å². The first-order chi connectivity index (χ1) is 9.16. The summed E-state index contributed by atoms with van der Waals surface area (Å²) in [5.41, 5.74) is 0.530. The molecule has 0 bridgehead atoms. The van der Waals surface area contributed by atoms with Gasteiger partial charge in [0.25, 0.3) is 5.91 Å². The third kappa shape index (κ3) is 5.16. The van der Waals surface area contributed by atoms with E-state index >= 15 is 0 Å². The predicted octanol–water partition coefficient (Wildman–Crippen LogP) is 1.49. The van der Waals surface area contributed by atoms with E-state index in [2.05, 4.69) is 15.5 Å². The zero-order chi connectivity index (χ0) is 13.7. The lowest BCUT2D eigenvalue weighted by atomic mass is 10.2. The number of benzene rings is 1. The van der Waals surface area contributed by atoms with Gasteiger partial charge in [-0.1, -0.05) is 0 Å². The first-order valence-corrected chi connectivity index (χ1v) is 7.41. The van der Waals surface area contributed by atoms with Crippen LogP contribution in [0.3, 0.4) is 0 Å². The van der Waals surface area contributed by atoms with Crippen LogP contribution in [-0.4, -0.2) is 50.1 Å². The topological polar surface area (TPSA) is 44.4 Å². The number of carbonyl (C=O) groups excluding carboxylic acids is 1. The van der Waals surface area contributed by atoms with Crippen LogP contribution in [0.4, 0.5) is 4.39 Å². The van der Waals surface area contributed by atoms with E-state index < -0.39 is 0 Å². The van der Waals surface area contributed by atoms with Crippen molar-refractivity contribution in [2.24, 2.45) is 0 Å². The van der Waals surface area contributed by atoms with E-state index in [0.29, 0.717) is 15.7 Å². The van der Waals surface area contributed by atoms with E-state index in [1.165, 1.54) is 18.2 Å². The average molecular weight is 414 g/mol. The SMILES string of the molecule is Cl.O=C(NCCN1CCNCC1)c1ccc(F)cc1I. The summed E-state index contributed by atoms with van der Waals surface area (Å²) < 4.78 is 13.6. The summed E-state index contributed by atoms with van der Waals surface area (Å²) in [5, 5.41) is 6.17. The van der Waals surface area contributed by atoms with Crippen molar-refractivity contribution in [3.63, 3.8) is 0 Å². The van der Waals surface area contributed by atoms with Crippen molar-refractivity contribution < 1.29 is 9.18 Å². The molecule has 0 atom stereocenters. The van der Waals surface area contributed by atoms with Crippen LogP contribution in [0.15, 0.2) is 18.2 Å². The Morgan fingerprint density at radius 3 is 2.75 bits per heavy atom. The summed E-state index contributed by atoms with van der Waals surface area (Å²) in [6.07, 6.45) is 0. The van der Waals surface area contributed by atoms with Crippen molar-refractivity contribution in [2.75, 3.05) is 39.3 Å². The minimum absolute atomic E-state index is 0. The summed E-state index contributed by atoms with van der Waals surface area (Å²) in [5.74, 6) is -0.457. The van der Waals surface area contributed by atoms with Gasteiger partial charge in [0.2, 0.25) is 0 Å². The zero-order valence-electron chi connectivity index (χ0n) is 11.0. The van der Waals surface area contributed by atoms with Gasteiger partial charge in [-0.25, -0.2) is 4.39 Å². The fraction of sp³-hybridized carbons (Fsp3) is 0.462. The molecular formula is C13H18ClFIN3O. The minimum Gasteiger partial charge on any atom is -0.351 e. The van der Waals surface area contributed by atoms with Gasteiger partial charge >= 0.3 is 0 Å². The Morgan fingerprint density at radius 1 is 1.40 bits per heavy atom. The number of amides is 1. The Bertz CT molecular complexity index is 455. The second kappa shape index (κ2) is 8.76. The lowest BCUT2D eigenvalue weighted by Crippen LogP contribution is -2.46. The first-order valence-electron chi connectivity index (χ1n) is 6.33. The van der Waals surface area contributed by atoms with E-state index in [-0.39, 0.29) is 24.1 Å². The first kappa shape index (κ1) is 17.6. The lowest BCUT2D eigenvalue weighted by molar-refractivity contribution is 0.0946. The Kier molecular flexibility index (Phi) is 7.71. The maximum atomic E-state index is 13.0. The van der Waals surface area contributed by atoms with Crippen molar-refractivity contribution >= 4 is 40.9 Å². The molecule has 1 fully saturated rings. The summed E-state index contributed by atoms with van der Waals surface area (Å²) in [6, 6.07) is 4.20. The number of nitrogens with zero attached hydrogens (tertiary/aromatic N) is 1. The van der Waals surface area contributed by atoms with Crippen LogP contribution >= 0.6 is 35.0 Å². The molecule has 4 nitrogen and oxygen atoms in total.